The molecule has 6 nitrogen and oxygen atoms in total. The van der Waals surface area contributed by atoms with Crippen LogP contribution in [-0.2, 0) is 7.05 Å². The molecule has 0 amide bonds. The Hall–Kier alpha value is -2.11. The molecule has 106 valence electrons. The Balaban J connectivity index is 1.84. The third-order valence-electron chi connectivity index (χ3n) is 3.78. The van der Waals surface area contributed by atoms with Gasteiger partial charge in [-0.25, -0.2) is 9.78 Å². The van der Waals surface area contributed by atoms with Gasteiger partial charge < -0.3 is 10.4 Å². The van der Waals surface area contributed by atoms with Gasteiger partial charge >= 0.3 is 5.97 Å². The Morgan fingerprint density at radius 3 is 3.00 bits per heavy atom. The number of carbonyl (C=O) groups is 1. The third kappa shape index (κ3) is 2.45. The molecule has 2 aromatic rings. The fourth-order valence-electron chi connectivity index (χ4n) is 2.46. The lowest BCUT2D eigenvalue weighted by atomic mass is 10.1. The number of nitrogens with one attached hydrogen (secondary N) is 1. The molecule has 1 saturated carbocycles. The van der Waals surface area contributed by atoms with Gasteiger partial charge in [0.25, 0.3) is 0 Å². The number of aryl methyl sites for hydroxylation is 1. The number of hydrogen-bond donors (Lipinski definition) is 2. The lowest BCUT2D eigenvalue weighted by molar-refractivity contribution is 0.0697. The predicted molar refractivity (Wildman–Crippen MR) is 75.9 cm³/mol. The molecule has 2 aromatic heterocycles. The maximum absolute atomic E-state index is 11.3. The fourth-order valence-corrected chi connectivity index (χ4v) is 2.46. The first-order chi connectivity index (χ1) is 9.66. The Kier molecular flexibility index (Phi) is 3.30. The number of aromatic carboxylic acids is 1. The first-order valence-corrected chi connectivity index (χ1v) is 6.94. The maximum Gasteiger partial charge on any atom is 0.339 e. The number of pyridine rings is 1. The Morgan fingerprint density at radius 2 is 2.30 bits per heavy atom. The van der Waals surface area contributed by atoms with Crippen molar-refractivity contribution in [1.29, 1.82) is 0 Å². The topological polar surface area (TPSA) is 80.0 Å². The van der Waals surface area contributed by atoms with Gasteiger partial charge in [-0.05, 0) is 18.8 Å². The van der Waals surface area contributed by atoms with Crippen molar-refractivity contribution >= 4 is 22.7 Å². The quantitative estimate of drug-likeness (QED) is 0.790. The number of hydrogen-bond acceptors (Lipinski definition) is 4. The highest BCUT2D eigenvalue weighted by Gasteiger charge is 2.20. The van der Waals surface area contributed by atoms with Crippen LogP contribution in [-0.4, -0.2) is 32.4 Å². The molecular weight excluding hydrogens is 256 g/mol. The van der Waals surface area contributed by atoms with Crippen LogP contribution < -0.4 is 5.32 Å². The van der Waals surface area contributed by atoms with E-state index in [4.69, 9.17) is 0 Å². The van der Waals surface area contributed by atoms with Gasteiger partial charge in [0.2, 0.25) is 0 Å². The van der Waals surface area contributed by atoms with E-state index >= 15 is 0 Å². The maximum atomic E-state index is 11.3. The van der Waals surface area contributed by atoms with Gasteiger partial charge in [0.1, 0.15) is 5.56 Å². The largest absolute Gasteiger partial charge is 0.478 e. The van der Waals surface area contributed by atoms with Crippen LogP contribution >= 0.6 is 0 Å². The van der Waals surface area contributed by atoms with Crippen LogP contribution in [0.1, 0.15) is 36.0 Å². The van der Waals surface area contributed by atoms with Crippen LogP contribution in [0.2, 0.25) is 0 Å². The van der Waals surface area contributed by atoms with Gasteiger partial charge in [-0.1, -0.05) is 12.8 Å². The lowest BCUT2D eigenvalue weighted by Gasteiger charge is -2.10. The van der Waals surface area contributed by atoms with Crippen LogP contribution in [0.3, 0.4) is 0 Å². The monoisotopic (exact) mass is 274 g/mol. The highest BCUT2D eigenvalue weighted by molar-refractivity contribution is 6.03. The second kappa shape index (κ2) is 5.11. The summed E-state index contributed by atoms with van der Waals surface area (Å²) in [5.74, 6) is -0.0699. The Morgan fingerprint density at radius 1 is 1.50 bits per heavy atom. The van der Waals surface area contributed by atoms with E-state index in [0.717, 1.165) is 24.3 Å². The number of anilines is 1. The standard InChI is InChI=1S/C14H18N4O2/c1-18-13-10(8-17-18)12(11(7-16-13)14(19)20)15-6-2-3-9-4-5-9/h7-9H,2-6H2,1H3,(H,15,16)(H,19,20). The zero-order valence-corrected chi connectivity index (χ0v) is 11.5. The Bertz CT molecular complexity index is 646. The summed E-state index contributed by atoms with van der Waals surface area (Å²) < 4.78 is 1.65. The van der Waals surface area contributed by atoms with E-state index in [2.05, 4.69) is 15.4 Å². The smallest absolute Gasteiger partial charge is 0.339 e. The molecule has 0 bridgehead atoms. The molecule has 0 atom stereocenters. The fraction of sp³-hybridized carbons (Fsp3) is 0.500. The summed E-state index contributed by atoms with van der Waals surface area (Å²) in [7, 11) is 1.80. The van der Waals surface area contributed by atoms with E-state index < -0.39 is 5.97 Å². The molecule has 20 heavy (non-hydrogen) atoms. The minimum Gasteiger partial charge on any atom is -0.478 e. The summed E-state index contributed by atoms with van der Waals surface area (Å²) in [5, 5.41) is 17.4. The average Bonchev–Trinajstić information content (AvgIpc) is 3.17. The minimum absolute atomic E-state index is 0.205. The number of nitrogens with zero attached hydrogens (tertiary/aromatic N) is 3. The molecule has 1 fully saturated rings. The summed E-state index contributed by atoms with van der Waals surface area (Å²) >= 11 is 0. The molecule has 2 heterocycles. The van der Waals surface area contributed by atoms with Crippen LogP contribution in [0.4, 0.5) is 5.69 Å². The number of fused-ring (bicyclic) bond motifs is 1. The number of carboxylic acid groups (broad SMARTS) is 1. The van der Waals surface area contributed by atoms with Gasteiger partial charge in [-0.3, -0.25) is 4.68 Å². The molecule has 0 aliphatic heterocycles. The van der Waals surface area contributed by atoms with Gasteiger partial charge in [0, 0.05) is 19.8 Å². The molecule has 0 radical (unpaired) electrons. The molecule has 1 aliphatic carbocycles. The normalized spacial score (nSPS) is 14.7. The van der Waals surface area contributed by atoms with Crippen molar-refractivity contribution in [3.05, 3.63) is 18.0 Å². The number of rotatable bonds is 6. The Labute approximate surface area is 116 Å². The second-order valence-corrected chi connectivity index (χ2v) is 5.37. The summed E-state index contributed by atoms with van der Waals surface area (Å²) in [6.07, 6.45) is 8.04. The number of aromatic nitrogens is 3. The molecule has 3 rings (SSSR count). The molecular formula is C14H18N4O2. The van der Waals surface area contributed by atoms with Crippen molar-refractivity contribution in [3.8, 4) is 0 Å². The summed E-state index contributed by atoms with van der Waals surface area (Å²) in [4.78, 5) is 15.5. The second-order valence-electron chi connectivity index (χ2n) is 5.37. The molecule has 0 unspecified atom stereocenters. The van der Waals surface area contributed by atoms with Crippen molar-refractivity contribution < 1.29 is 9.90 Å². The van der Waals surface area contributed by atoms with Crippen LogP contribution in [0, 0.1) is 5.92 Å². The van der Waals surface area contributed by atoms with E-state index in [-0.39, 0.29) is 5.56 Å². The van der Waals surface area contributed by atoms with Gasteiger partial charge in [0.05, 0.1) is 17.3 Å². The first-order valence-electron chi connectivity index (χ1n) is 6.94. The van der Waals surface area contributed by atoms with Gasteiger partial charge in [-0.15, -0.1) is 0 Å². The van der Waals surface area contributed by atoms with E-state index in [0.29, 0.717) is 11.3 Å². The predicted octanol–water partition coefficient (Wildman–Crippen LogP) is 2.27. The zero-order valence-electron chi connectivity index (χ0n) is 11.5. The van der Waals surface area contributed by atoms with Crippen molar-refractivity contribution in [2.45, 2.75) is 25.7 Å². The average molecular weight is 274 g/mol. The molecule has 1 aliphatic rings. The van der Waals surface area contributed by atoms with E-state index in [9.17, 15) is 9.90 Å². The van der Waals surface area contributed by atoms with Crippen molar-refractivity contribution in [2.24, 2.45) is 13.0 Å². The minimum atomic E-state index is -0.965. The van der Waals surface area contributed by atoms with Crippen molar-refractivity contribution in [3.63, 3.8) is 0 Å². The summed E-state index contributed by atoms with van der Waals surface area (Å²) in [6.45, 7) is 0.783. The highest BCUT2D eigenvalue weighted by Crippen LogP contribution is 2.33. The van der Waals surface area contributed by atoms with E-state index in [1.54, 1.807) is 17.9 Å². The third-order valence-corrected chi connectivity index (χ3v) is 3.78. The van der Waals surface area contributed by atoms with Gasteiger partial charge in [-0.2, -0.15) is 5.10 Å². The van der Waals surface area contributed by atoms with E-state index in [1.165, 1.54) is 25.5 Å². The lowest BCUT2D eigenvalue weighted by Crippen LogP contribution is -2.09. The summed E-state index contributed by atoms with van der Waals surface area (Å²) in [6, 6.07) is 0. The molecule has 0 spiro atoms. The van der Waals surface area contributed by atoms with Crippen LogP contribution in [0.5, 0.6) is 0 Å². The molecule has 0 aromatic carbocycles. The van der Waals surface area contributed by atoms with Crippen molar-refractivity contribution in [1.82, 2.24) is 14.8 Å². The summed E-state index contributed by atoms with van der Waals surface area (Å²) in [5.41, 5.74) is 1.53. The molecule has 0 saturated heterocycles. The van der Waals surface area contributed by atoms with Crippen molar-refractivity contribution in [2.75, 3.05) is 11.9 Å². The van der Waals surface area contributed by atoms with Gasteiger partial charge in [0.15, 0.2) is 5.65 Å². The molecule has 6 heteroatoms. The first kappa shape index (κ1) is 12.9. The zero-order chi connectivity index (χ0) is 14.1. The number of carboxylic acids is 1. The van der Waals surface area contributed by atoms with E-state index in [1.807, 2.05) is 0 Å². The highest BCUT2D eigenvalue weighted by atomic mass is 16.4. The van der Waals surface area contributed by atoms with Crippen LogP contribution in [0.25, 0.3) is 11.0 Å². The molecule has 2 N–H and O–H groups in total. The van der Waals surface area contributed by atoms with Crippen LogP contribution in [0.15, 0.2) is 12.4 Å². The SMILES string of the molecule is Cn1ncc2c(NCCCC3CC3)c(C(=O)O)cnc21.